The van der Waals surface area contributed by atoms with E-state index in [4.69, 9.17) is 4.74 Å². The predicted molar refractivity (Wildman–Crippen MR) is 78.1 cm³/mol. The highest BCUT2D eigenvalue weighted by atomic mass is 16.5. The fraction of sp³-hybridized carbons (Fsp3) is 0.235. The Hall–Kier alpha value is -2.09. The molecule has 2 heteroatoms. The van der Waals surface area contributed by atoms with Gasteiger partial charge in [0.25, 0.3) is 0 Å². The van der Waals surface area contributed by atoms with Crippen LogP contribution in [0.4, 0.5) is 0 Å². The molecule has 0 bridgehead atoms. The van der Waals surface area contributed by atoms with Crippen LogP contribution in [0.5, 0.6) is 5.88 Å². The van der Waals surface area contributed by atoms with E-state index >= 15 is 0 Å². The number of hydrogen-bond donors (Lipinski definition) is 0. The summed E-state index contributed by atoms with van der Waals surface area (Å²) in [5, 5.41) is 0. The number of rotatable bonds is 5. The standard InChI is InChI=1S/C17H19NO/c1-3-15-9-10-18-17(12-15)19-13-14(2)11-16-7-5-4-6-8-16/h4-10,12-13H,3,11H2,1-2H3. The van der Waals surface area contributed by atoms with E-state index in [1.165, 1.54) is 16.7 Å². The van der Waals surface area contributed by atoms with Crippen LogP contribution >= 0.6 is 0 Å². The lowest BCUT2D eigenvalue weighted by atomic mass is 10.1. The maximum Gasteiger partial charge on any atom is 0.218 e. The second kappa shape index (κ2) is 6.74. The molecule has 0 unspecified atom stereocenters. The van der Waals surface area contributed by atoms with E-state index in [9.17, 15) is 0 Å². The van der Waals surface area contributed by atoms with Gasteiger partial charge < -0.3 is 4.74 Å². The van der Waals surface area contributed by atoms with Crippen molar-refractivity contribution in [1.82, 2.24) is 4.98 Å². The molecule has 1 aromatic heterocycles. The Balaban J connectivity index is 1.97. The Labute approximate surface area is 114 Å². The zero-order valence-corrected chi connectivity index (χ0v) is 11.5. The van der Waals surface area contributed by atoms with Crippen LogP contribution in [0.25, 0.3) is 0 Å². The number of nitrogens with zero attached hydrogens (tertiary/aromatic N) is 1. The summed E-state index contributed by atoms with van der Waals surface area (Å²) < 4.78 is 5.61. The predicted octanol–water partition coefficient (Wildman–Crippen LogP) is 4.17. The lowest BCUT2D eigenvalue weighted by molar-refractivity contribution is 0.454. The number of allylic oxidation sites excluding steroid dienone is 1. The molecule has 0 aliphatic rings. The number of aromatic nitrogens is 1. The van der Waals surface area contributed by atoms with Crippen molar-refractivity contribution in [3.05, 3.63) is 71.6 Å². The maximum atomic E-state index is 5.61. The Morgan fingerprint density at radius 2 is 1.95 bits per heavy atom. The summed E-state index contributed by atoms with van der Waals surface area (Å²) in [5.74, 6) is 0.659. The molecule has 0 amide bonds. The van der Waals surface area contributed by atoms with Crippen LogP contribution in [-0.4, -0.2) is 4.98 Å². The van der Waals surface area contributed by atoms with Crippen LogP contribution in [0.15, 0.2) is 60.5 Å². The smallest absolute Gasteiger partial charge is 0.218 e. The van der Waals surface area contributed by atoms with E-state index < -0.39 is 0 Å². The number of pyridine rings is 1. The summed E-state index contributed by atoms with van der Waals surface area (Å²) >= 11 is 0. The minimum absolute atomic E-state index is 0.659. The fourth-order valence-electron chi connectivity index (χ4n) is 1.86. The molecule has 0 saturated carbocycles. The SMILES string of the molecule is CCc1ccnc(OC=C(C)Cc2ccccc2)c1. The third kappa shape index (κ3) is 4.25. The van der Waals surface area contributed by atoms with Crippen LogP contribution in [0.1, 0.15) is 25.0 Å². The van der Waals surface area contributed by atoms with Gasteiger partial charge in [-0.1, -0.05) is 37.3 Å². The average molecular weight is 253 g/mol. The molecule has 2 rings (SSSR count). The number of ether oxygens (including phenoxy) is 1. The quantitative estimate of drug-likeness (QED) is 0.746. The molecular weight excluding hydrogens is 234 g/mol. The van der Waals surface area contributed by atoms with Crippen molar-refractivity contribution < 1.29 is 4.74 Å². The molecule has 2 aromatic rings. The van der Waals surface area contributed by atoms with E-state index in [1.54, 1.807) is 12.5 Å². The van der Waals surface area contributed by atoms with Gasteiger partial charge in [-0.05, 0) is 42.5 Å². The van der Waals surface area contributed by atoms with Crippen molar-refractivity contribution >= 4 is 0 Å². The molecule has 0 radical (unpaired) electrons. The first-order valence-electron chi connectivity index (χ1n) is 6.59. The minimum Gasteiger partial charge on any atom is -0.447 e. The first-order valence-corrected chi connectivity index (χ1v) is 6.59. The maximum absolute atomic E-state index is 5.61. The van der Waals surface area contributed by atoms with Gasteiger partial charge in [-0.3, -0.25) is 0 Å². The van der Waals surface area contributed by atoms with Gasteiger partial charge in [0.15, 0.2) is 0 Å². The zero-order chi connectivity index (χ0) is 13.5. The molecule has 0 aliphatic heterocycles. The third-order valence-electron chi connectivity index (χ3n) is 2.91. The van der Waals surface area contributed by atoms with Gasteiger partial charge in [-0.15, -0.1) is 0 Å². The lowest BCUT2D eigenvalue weighted by Crippen LogP contribution is -1.93. The van der Waals surface area contributed by atoms with E-state index in [0.29, 0.717) is 5.88 Å². The Morgan fingerprint density at radius 3 is 2.68 bits per heavy atom. The van der Waals surface area contributed by atoms with E-state index in [1.807, 2.05) is 18.2 Å². The van der Waals surface area contributed by atoms with Gasteiger partial charge in [0.2, 0.25) is 5.88 Å². The molecule has 0 N–H and O–H groups in total. The van der Waals surface area contributed by atoms with Crippen molar-refractivity contribution in [3.63, 3.8) is 0 Å². The zero-order valence-electron chi connectivity index (χ0n) is 11.5. The molecule has 0 fully saturated rings. The van der Waals surface area contributed by atoms with Crippen molar-refractivity contribution in [3.8, 4) is 5.88 Å². The van der Waals surface area contributed by atoms with Crippen molar-refractivity contribution in [1.29, 1.82) is 0 Å². The summed E-state index contributed by atoms with van der Waals surface area (Å²) in [6.07, 6.45) is 5.46. The van der Waals surface area contributed by atoms with Gasteiger partial charge in [-0.25, -0.2) is 4.98 Å². The van der Waals surface area contributed by atoms with Crippen LogP contribution in [0.2, 0.25) is 0 Å². The van der Waals surface area contributed by atoms with Crippen LogP contribution < -0.4 is 4.74 Å². The summed E-state index contributed by atoms with van der Waals surface area (Å²) in [6.45, 7) is 4.19. The monoisotopic (exact) mass is 253 g/mol. The summed E-state index contributed by atoms with van der Waals surface area (Å²) in [7, 11) is 0. The molecule has 98 valence electrons. The second-order valence-electron chi connectivity index (χ2n) is 4.60. The lowest BCUT2D eigenvalue weighted by Gasteiger charge is -2.04. The second-order valence-corrected chi connectivity index (χ2v) is 4.60. The number of aryl methyl sites for hydroxylation is 1. The molecule has 19 heavy (non-hydrogen) atoms. The molecule has 0 aliphatic carbocycles. The Bertz CT molecular complexity index is 546. The van der Waals surface area contributed by atoms with Crippen LogP contribution in [-0.2, 0) is 12.8 Å². The Kier molecular flexibility index (Phi) is 4.73. The topological polar surface area (TPSA) is 22.1 Å². The molecule has 0 spiro atoms. The van der Waals surface area contributed by atoms with Crippen molar-refractivity contribution in [2.45, 2.75) is 26.7 Å². The Morgan fingerprint density at radius 1 is 1.16 bits per heavy atom. The molecule has 2 nitrogen and oxygen atoms in total. The van der Waals surface area contributed by atoms with Gasteiger partial charge in [0.1, 0.15) is 0 Å². The largest absolute Gasteiger partial charge is 0.447 e. The van der Waals surface area contributed by atoms with Gasteiger partial charge in [0.05, 0.1) is 6.26 Å². The molecule has 1 aromatic carbocycles. The fourth-order valence-corrected chi connectivity index (χ4v) is 1.86. The van der Waals surface area contributed by atoms with Gasteiger partial charge in [0, 0.05) is 12.3 Å². The number of benzene rings is 1. The van der Waals surface area contributed by atoms with E-state index in [0.717, 1.165) is 12.8 Å². The molecule has 1 heterocycles. The van der Waals surface area contributed by atoms with Gasteiger partial charge in [-0.2, -0.15) is 0 Å². The van der Waals surface area contributed by atoms with E-state index in [2.05, 4.69) is 43.1 Å². The van der Waals surface area contributed by atoms with Crippen LogP contribution in [0.3, 0.4) is 0 Å². The van der Waals surface area contributed by atoms with Gasteiger partial charge >= 0.3 is 0 Å². The highest BCUT2D eigenvalue weighted by molar-refractivity contribution is 5.23. The summed E-state index contributed by atoms with van der Waals surface area (Å²) in [6, 6.07) is 14.4. The normalized spacial score (nSPS) is 11.4. The number of hydrogen-bond acceptors (Lipinski definition) is 2. The summed E-state index contributed by atoms with van der Waals surface area (Å²) in [5.41, 5.74) is 3.70. The van der Waals surface area contributed by atoms with Crippen molar-refractivity contribution in [2.75, 3.05) is 0 Å². The average Bonchev–Trinajstić information content (AvgIpc) is 2.46. The first kappa shape index (κ1) is 13.3. The first-order chi connectivity index (χ1) is 9.28. The molecular formula is C17H19NO. The van der Waals surface area contributed by atoms with E-state index in [-0.39, 0.29) is 0 Å². The molecule has 0 saturated heterocycles. The van der Waals surface area contributed by atoms with Crippen LogP contribution in [0, 0.1) is 0 Å². The third-order valence-corrected chi connectivity index (χ3v) is 2.91. The highest BCUT2D eigenvalue weighted by Gasteiger charge is 1.97. The molecule has 0 atom stereocenters. The van der Waals surface area contributed by atoms with Crippen molar-refractivity contribution in [2.24, 2.45) is 0 Å². The minimum atomic E-state index is 0.659. The summed E-state index contributed by atoms with van der Waals surface area (Å²) in [4.78, 5) is 4.20. The highest BCUT2D eigenvalue weighted by Crippen LogP contribution is 2.12.